The summed E-state index contributed by atoms with van der Waals surface area (Å²) in [6.45, 7) is 6.84. The number of ketones is 1. The van der Waals surface area contributed by atoms with Crippen molar-refractivity contribution in [1.29, 1.82) is 0 Å². The largest absolute Gasteiger partial charge is 0.451 e. The second-order valence-corrected chi connectivity index (χ2v) is 5.58. The maximum Gasteiger partial charge on any atom is 0.344 e. The van der Waals surface area contributed by atoms with Crippen LogP contribution in [-0.4, -0.2) is 23.0 Å². The van der Waals surface area contributed by atoms with Crippen molar-refractivity contribution in [3.8, 4) is 0 Å². The van der Waals surface area contributed by atoms with Gasteiger partial charge in [0.25, 0.3) is 0 Å². The van der Waals surface area contributed by atoms with Gasteiger partial charge in [0, 0.05) is 11.5 Å². The summed E-state index contributed by atoms with van der Waals surface area (Å²) in [4.78, 5) is 24.5. The molecule has 0 unspecified atom stereocenters. The molecule has 2 aromatic rings. The quantitative estimate of drug-likeness (QED) is 0.621. The average Bonchev–Trinajstić information content (AvgIpc) is 2.89. The van der Waals surface area contributed by atoms with Crippen LogP contribution in [0.2, 0.25) is 0 Å². The van der Waals surface area contributed by atoms with Gasteiger partial charge < -0.3 is 9.26 Å². The lowest BCUT2D eigenvalue weighted by atomic mass is 10.0. The third-order valence-electron chi connectivity index (χ3n) is 3.40. The zero-order valence-electron chi connectivity index (χ0n) is 13.4. The smallest absolute Gasteiger partial charge is 0.344 e. The Bertz CT molecular complexity index is 719. The van der Waals surface area contributed by atoms with Crippen LogP contribution in [0.4, 0.5) is 4.39 Å². The van der Waals surface area contributed by atoms with Crippen LogP contribution in [0.1, 0.15) is 58.9 Å². The van der Waals surface area contributed by atoms with Crippen LogP contribution in [-0.2, 0) is 4.74 Å². The van der Waals surface area contributed by atoms with Gasteiger partial charge in [0.15, 0.2) is 11.9 Å². The molecule has 2 rings (SSSR count). The molecular weight excluding hydrogens is 301 g/mol. The molecule has 0 aliphatic carbocycles. The summed E-state index contributed by atoms with van der Waals surface area (Å²) in [6, 6.07) is 5.07. The van der Waals surface area contributed by atoms with E-state index in [0.717, 1.165) is 0 Å². The normalized spacial score (nSPS) is 12.3. The first-order chi connectivity index (χ1) is 10.8. The summed E-state index contributed by atoms with van der Waals surface area (Å²) in [6.07, 6.45) is -0.998. The minimum atomic E-state index is -0.998. The summed E-state index contributed by atoms with van der Waals surface area (Å²) >= 11 is 0. The van der Waals surface area contributed by atoms with Gasteiger partial charge in [-0.05, 0) is 38.1 Å². The second-order valence-electron chi connectivity index (χ2n) is 5.58. The van der Waals surface area contributed by atoms with E-state index < -0.39 is 23.7 Å². The van der Waals surface area contributed by atoms with Crippen molar-refractivity contribution in [3.05, 3.63) is 52.7 Å². The highest BCUT2D eigenvalue weighted by Gasteiger charge is 2.27. The minimum absolute atomic E-state index is 0.0399. The molecule has 1 aromatic carbocycles. The Kier molecular flexibility index (Phi) is 4.93. The Morgan fingerprint density at radius 3 is 2.35 bits per heavy atom. The fourth-order valence-electron chi connectivity index (χ4n) is 2.15. The number of Topliss-reactive ketones (excluding diaryl/α,β-unsaturated/α-hetero) is 1. The standard InChI is InChI=1S/C17H18FNO4/c1-9(2)16-14(10(3)19-23-16)17(21)22-11(4)15(20)12-5-7-13(18)8-6-12/h5-9,11H,1-4H3/t11-/m0/s1. The van der Waals surface area contributed by atoms with Crippen molar-refractivity contribution in [2.45, 2.75) is 39.7 Å². The van der Waals surface area contributed by atoms with Gasteiger partial charge in [-0.3, -0.25) is 4.79 Å². The molecule has 0 saturated carbocycles. The number of ether oxygens (including phenoxy) is 1. The number of benzene rings is 1. The van der Waals surface area contributed by atoms with Gasteiger partial charge in [-0.2, -0.15) is 0 Å². The molecule has 23 heavy (non-hydrogen) atoms. The Morgan fingerprint density at radius 1 is 1.17 bits per heavy atom. The molecular formula is C17H18FNO4. The highest BCUT2D eigenvalue weighted by atomic mass is 19.1. The number of rotatable bonds is 5. The first-order valence-corrected chi connectivity index (χ1v) is 7.28. The number of carbonyl (C=O) groups is 2. The highest BCUT2D eigenvalue weighted by molar-refractivity contribution is 6.01. The molecule has 0 saturated heterocycles. The van der Waals surface area contributed by atoms with Gasteiger partial charge in [-0.25, -0.2) is 9.18 Å². The summed E-state index contributed by atoms with van der Waals surface area (Å²) < 4.78 is 23.3. The van der Waals surface area contributed by atoms with E-state index in [9.17, 15) is 14.0 Å². The van der Waals surface area contributed by atoms with E-state index in [4.69, 9.17) is 9.26 Å². The fraction of sp³-hybridized carbons (Fsp3) is 0.353. The van der Waals surface area contributed by atoms with Gasteiger partial charge >= 0.3 is 5.97 Å². The van der Waals surface area contributed by atoms with Gasteiger partial charge in [0.05, 0.1) is 5.69 Å². The van der Waals surface area contributed by atoms with Crippen LogP contribution >= 0.6 is 0 Å². The third-order valence-corrected chi connectivity index (χ3v) is 3.40. The molecule has 1 heterocycles. The fourth-order valence-corrected chi connectivity index (χ4v) is 2.15. The number of halogens is 1. The first kappa shape index (κ1) is 16.9. The molecule has 0 radical (unpaired) electrons. The Morgan fingerprint density at radius 2 is 1.78 bits per heavy atom. The summed E-state index contributed by atoms with van der Waals surface area (Å²) in [7, 11) is 0. The number of aryl methyl sites for hydroxylation is 1. The molecule has 0 bridgehead atoms. The van der Waals surface area contributed by atoms with Crippen LogP contribution in [0, 0.1) is 12.7 Å². The summed E-state index contributed by atoms with van der Waals surface area (Å²) in [5.41, 5.74) is 0.941. The molecule has 0 spiro atoms. The maximum atomic E-state index is 12.9. The van der Waals surface area contributed by atoms with Crippen LogP contribution < -0.4 is 0 Å². The first-order valence-electron chi connectivity index (χ1n) is 7.28. The van der Waals surface area contributed by atoms with Crippen molar-refractivity contribution in [1.82, 2.24) is 5.16 Å². The van der Waals surface area contributed by atoms with Crippen molar-refractivity contribution in [3.63, 3.8) is 0 Å². The number of hydrogen-bond acceptors (Lipinski definition) is 5. The van der Waals surface area contributed by atoms with E-state index in [1.807, 2.05) is 13.8 Å². The lowest BCUT2D eigenvalue weighted by molar-refractivity contribution is 0.0315. The van der Waals surface area contributed by atoms with Crippen molar-refractivity contribution in [2.24, 2.45) is 0 Å². The van der Waals surface area contributed by atoms with Crippen molar-refractivity contribution in [2.75, 3.05) is 0 Å². The van der Waals surface area contributed by atoms with E-state index in [-0.39, 0.29) is 17.0 Å². The van der Waals surface area contributed by atoms with E-state index in [2.05, 4.69) is 5.16 Å². The molecule has 0 fully saturated rings. The number of aromatic nitrogens is 1. The van der Waals surface area contributed by atoms with Gasteiger partial charge in [-0.15, -0.1) is 0 Å². The third kappa shape index (κ3) is 3.64. The van der Waals surface area contributed by atoms with E-state index >= 15 is 0 Å². The second kappa shape index (κ2) is 6.73. The van der Waals surface area contributed by atoms with Gasteiger partial charge in [0.2, 0.25) is 5.78 Å². The SMILES string of the molecule is Cc1noc(C(C)C)c1C(=O)O[C@@H](C)C(=O)c1ccc(F)cc1. The molecule has 0 N–H and O–H groups in total. The van der Waals surface area contributed by atoms with Gasteiger partial charge in [-0.1, -0.05) is 19.0 Å². The predicted molar refractivity (Wildman–Crippen MR) is 80.9 cm³/mol. The van der Waals surface area contributed by atoms with Crippen molar-refractivity contribution >= 4 is 11.8 Å². The average molecular weight is 319 g/mol. The van der Waals surface area contributed by atoms with Gasteiger partial charge in [0.1, 0.15) is 11.4 Å². The molecule has 5 nitrogen and oxygen atoms in total. The molecule has 0 aliphatic heterocycles. The van der Waals surface area contributed by atoms with Crippen LogP contribution in [0.5, 0.6) is 0 Å². The molecule has 0 amide bonds. The van der Waals surface area contributed by atoms with E-state index in [0.29, 0.717) is 11.5 Å². The minimum Gasteiger partial charge on any atom is -0.451 e. The zero-order valence-corrected chi connectivity index (χ0v) is 13.4. The predicted octanol–water partition coefficient (Wildman–Crippen LogP) is 3.67. The topological polar surface area (TPSA) is 69.4 Å². The Labute approximate surface area is 133 Å². The Balaban J connectivity index is 2.15. The molecule has 1 aromatic heterocycles. The van der Waals surface area contributed by atoms with Crippen LogP contribution in [0.3, 0.4) is 0 Å². The molecule has 6 heteroatoms. The zero-order chi connectivity index (χ0) is 17.1. The van der Waals surface area contributed by atoms with Crippen LogP contribution in [0.15, 0.2) is 28.8 Å². The molecule has 0 aliphatic rings. The van der Waals surface area contributed by atoms with Crippen LogP contribution in [0.25, 0.3) is 0 Å². The maximum absolute atomic E-state index is 12.9. The number of carbonyl (C=O) groups excluding carboxylic acids is 2. The Hall–Kier alpha value is -2.50. The number of esters is 1. The summed E-state index contributed by atoms with van der Waals surface area (Å²) in [5.74, 6) is -1.11. The molecule has 122 valence electrons. The highest BCUT2D eigenvalue weighted by Crippen LogP contribution is 2.23. The van der Waals surface area contributed by atoms with Crippen molar-refractivity contribution < 1.29 is 23.2 Å². The summed E-state index contributed by atoms with van der Waals surface area (Å²) in [5, 5.41) is 3.78. The lowest BCUT2D eigenvalue weighted by Crippen LogP contribution is -2.25. The number of nitrogens with zero attached hydrogens (tertiary/aromatic N) is 1. The number of hydrogen-bond donors (Lipinski definition) is 0. The monoisotopic (exact) mass is 319 g/mol. The molecule has 1 atom stereocenters. The van der Waals surface area contributed by atoms with E-state index in [1.165, 1.54) is 31.2 Å². The van der Waals surface area contributed by atoms with E-state index in [1.54, 1.807) is 6.92 Å². The lowest BCUT2D eigenvalue weighted by Gasteiger charge is -2.13.